The lowest BCUT2D eigenvalue weighted by molar-refractivity contribution is 0.0696. The highest BCUT2D eigenvalue weighted by Gasteiger charge is 2.25. The Morgan fingerprint density at radius 1 is 1.27 bits per heavy atom. The van der Waals surface area contributed by atoms with Crippen molar-refractivity contribution < 1.29 is 15.0 Å². The van der Waals surface area contributed by atoms with Gasteiger partial charge in [0.2, 0.25) is 5.88 Å². The van der Waals surface area contributed by atoms with Crippen molar-refractivity contribution >= 4 is 11.8 Å². The number of hydrogen-bond donors (Lipinski definition) is 3. The minimum Gasteiger partial charge on any atom is -0.494 e. The van der Waals surface area contributed by atoms with Gasteiger partial charge in [0.15, 0.2) is 5.82 Å². The zero-order chi connectivity index (χ0) is 15.5. The summed E-state index contributed by atoms with van der Waals surface area (Å²) in [6.45, 7) is 0. The first-order chi connectivity index (χ1) is 10.6. The molecule has 2 aromatic rings. The number of pyridine rings is 1. The fraction of sp³-hybridized carbons (Fsp3) is 0.125. The minimum absolute atomic E-state index is 0.0102. The third kappa shape index (κ3) is 2.91. The van der Waals surface area contributed by atoms with Gasteiger partial charge < -0.3 is 10.2 Å². The van der Waals surface area contributed by atoms with Crippen molar-refractivity contribution in [1.82, 2.24) is 10.4 Å². The van der Waals surface area contributed by atoms with Gasteiger partial charge in [0, 0.05) is 6.20 Å². The number of anilines is 1. The van der Waals surface area contributed by atoms with Gasteiger partial charge in [0.05, 0.1) is 11.6 Å². The molecule has 1 unspecified atom stereocenters. The molecule has 0 amide bonds. The Labute approximate surface area is 127 Å². The van der Waals surface area contributed by atoms with E-state index in [0.717, 1.165) is 5.56 Å². The molecule has 3 N–H and O–H groups in total. The minimum atomic E-state index is -1.04. The van der Waals surface area contributed by atoms with Gasteiger partial charge in [-0.3, -0.25) is 0 Å². The number of hydrazine groups is 1. The van der Waals surface area contributed by atoms with Crippen LogP contribution in [0, 0.1) is 0 Å². The molecule has 2 heterocycles. The van der Waals surface area contributed by atoms with E-state index in [1.807, 2.05) is 30.3 Å². The van der Waals surface area contributed by atoms with Crippen LogP contribution in [0.5, 0.6) is 0 Å². The molecule has 0 spiro atoms. The van der Waals surface area contributed by atoms with E-state index < -0.39 is 5.97 Å². The van der Waals surface area contributed by atoms with Gasteiger partial charge in [0.1, 0.15) is 0 Å². The molecule has 1 aromatic carbocycles. The van der Waals surface area contributed by atoms with Gasteiger partial charge in [-0.2, -0.15) is 0 Å². The van der Waals surface area contributed by atoms with Crippen molar-refractivity contribution in [1.29, 1.82) is 0 Å². The van der Waals surface area contributed by atoms with Crippen molar-refractivity contribution in [2.45, 2.75) is 12.5 Å². The fourth-order valence-corrected chi connectivity index (χ4v) is 2.35. The number of nitrogens with zero attached hydrogens (tertiary/aromatic N) is 2. The van der Waals surface area contributed by atoms with Crippen LogP contribution in [0.3, 0.4) is 0 Å². The first-order valence-corrected chi connectivity index (χ1v) is 6.84. The molecule has 0 saturated carbocycles. The predicted molar refractivity (Wildman–Crippen MR) is 81.5 cm³/mol. The summed E-state index contributed by atoms with van der Waals surface area (Å²) >= 11 is 0. The summed E-state index contributed by atoms with van der Waals surface area (Å²) in [5.74, 6) is -0.688. The standard InChI is InChI=1S/C16H15N3O3/c20-15-10-13(8-11-4-2-1-3-5-11)18-19(15)14-9-12(16(21)22)6-7-17-14/h1-7,9-10,13,18,20H,8H2,(H,21,22). The van der Waals surface area contributed by atoms with Gasteiger partial charge >= 0.3 is 5.97 Å². The van der Waals surface area contributed by atoms with Gasteiger partial charge in [-0.25, -0.2) is 20.2 Å². The summed E-state index contributed by atoms with van der Waals surface area (Å²) in [4.78, 5) is 15.1. The number of carbonyl (C=O) groups is 1. The van der Waals surface area contributed by atoms with E-state index in [1.165, 1.54) is 23.3 Å². The van der Waals surface area contributed by atoms with Crippen LogP contribution in [-0.4, -0.2) is 27.2 Å². The highest BCUT2D eigenvalue weighted by molar-refractivity contribution is 5.88. The zero-order valence-electron chi connectivity index (χ0n) is 11.7. The van der Waals surface area contributed by atoms with Crippen LogP contribution >= 0.6 is 0 Å². The lowest BCUT2D eigenvalue weighted by atomic mass is 10.1. The van der Waals surface area contributed by atoms with Crippen LogP contribution in [0.1, 0.15) is 15.9 Å². The Hall–Kier alpha value is -2.86. The molecule has 1 atom stereocenters. The zero-order valence-corrected chi connectivity index (χ0v) is 11.7. The highest BCUT2D eigenvalue weighted by atomic mass is 16.4. The quantitative estimate of drug-likeness (QED) is 0.801. The number of rotatable bonds is 4. The molecule has 3 rings (SSSR count). The number of nitrogens with one attached hydrogen (secondary N) is 1. The van der Waals surface area contributed by atoms with Crippen molar-refractivity contribution in [3.8, 4) is 0 Å². The Kier molecular flexibility index (Phi) is 3.76. The molecule has 6 nitrogen and oxygen atoms in total. The molecule has 1 aliphatic heterocycles. The van der Waals surface area contributed by atoms with Crippen molar-refractivity contribution in [2.24, 2.45) is 0 Å². The molecule has 0 saturated heterocycles. The number of carboxylic acid groups (broad SMARTS) is 1. The normalized spacial score (nSPS) is 17.4. The Bertz CT molecular complexity index is 716. The summed E-state index contributed by atoms with van der Waals surface area (Å²) in [7, 11) is 0. The average Bonchev–Trinajstić information content (AvgIpc) is 2.89. The van der Waals surface area contributed by atoms with Crippen LogP contribution in [0.25, 0.3) is 0 Å². The summed E-state index contributed by atoms with van der Waals surface area (Å²) in [6.07, 6.45) is 3.79. The molecule has 22 heavy (non-hydrogen) atoms. The smallest absolute Gasteiger partial charge is 0.335 e. The van der Waals surface area contributed by atoms with Crippen molar-refractivity contribution in [3.05, 3.63) is 71.7 Å². The lowest BCUT2D eigenvalue weighted by Gasteiger charge is -2.20. The van der Waals surface area contributed by atoms with Crippen LogP contribution in [-0.2, 0) is 6.42 Å². The number of benzene rings is 1. The molecular formula is C16H15N3O3. The largest absolute Gasteiger partial charge is 0.494 e. The van der Waals surface area contributed by atoms with E-state index in [9.17, 15) is 9.90 Å². The summed E-state index contributed by atoms with van der Waals surface area (Å²) < 4.78 is 0. The van der Waals surface area contributed by atoms with Gasteiger partial charge in [-0.15, -0.1) is 0 Å². The molecule has 0 bridgehead atoms. The van der Waals surface area contributed by atoms with Crippen molar-refractivity contribution in [3.63, 3.8) is 0 Å². The van der Waals surface area contributed by atoms with E-state index in [0.29, 0.717) is 12.2 Å². The first-order valence-electron chi connectivity index (χ1n) is 6.84. The third-order valence-corrected chi connectivity index (χ3v) is 3.39. The molecular weight excluding hydrogens is 282 g/mol. The number of aliphatic hydroxyl groups excluding tert-OH is 1. The maximum absolute atomic E-state index is 11.0. The van der Waals surface area contributed by atoms with Crippen LogP contribution in [0.15, 0.2) is 60.6 Å². The number of aromatic carboxylic acids is 1. The van der Waals surface area contributed by atoms with Crippen molar-refractivity contribution in [2.75, 3.05) is 5.01 Å². The van der Waals surface area contributed by atoms with Gasteiger partial charge in [0.25, 0.3) is 0 Å². The molecule has 112 valence electrons. The summed E-state index contributed by atoms with van der Waals surface area (Å²) in [5.41, 5.74) is 4.36. The summed E-state index contributed by atoms with van der Waals surface area (Å²) in [6, 6.07) is 12.6. The average molecular weight is 297 g/mol. The monoisotopic (exact) mass is 297 g/mol. The Morgan fingerprint density at radius 2 is 2.05 bits per heavy atom. The number of aliphatic hydroxyl groups is 1. The number of aromatic nitrogens is 1. The first kappa shape index (κ1) is 14.1. The maximum atomic E-state index is 11.0. The van der Waals surface area contributed by atoms with Crippen LogP contribution in [0.2, 0.25) is 0 Å². The Morgan fingerprint density at radius 3 is 2.77 bits per heavy atom. The number of hydrogen-bond acceptors (Lipinski definition) is 5. The number of carboxylic acids is 1. The Balaban J connectivity index is 1.76. The van der Waals surface area contributed by atoms with E-state index in [2.05, 4.69) is 10.4 Å². The molecule has 6 heteroatoms. The second kappa shape index (κ2) is 5.87. The SMILES string of the molecule is O=C(O)c1ccnc(N2NC(Cc3ccccc3)C=C2O)c1. The molecule has 1 aromatic heterocycles. The molecule has 0 fully saturated rings. The summed E-state index contributed by atoms with van der Waals surface area (Å²) in [5, 5.41) is 20.5. The van der Waals surface area contributed by atoms with Crippen LogP contribution in [0.4, 0.5) is 5.82 Å². The van der Waals surface area contributed by atoms with E-state index >= 15 is 0 Å². The van der Waals surface area contributed by atoms with E-state index in [4.69, 9.17) is 5.11 Å². The highest BCUT2D eigenvalue weighted by Crippen LogP contribution is 2.21. The lowest BCUT2D eigenvalue weighted by Crippen LogP contribution is -2.38. The van der Waals surface area contributed by atoms with E-state index in [1.54, 1.807) is 6.08 Å². The van der Waals surface area contributed by atoms with Gasteiger partial charge in [-0.05, 0) is 30.2 Å². The van der Waals surface area contributed by atoms with E-state index in [-0.39, 0.29) is 17.5 Å². The second-order valence-corrected chi connectivity index (χ2v) is 4.99. The van der Waals surface area contributed by atoms with Crippen LogP contribution < -0.4 is 10.4 Å². The predicted octanol–water partition coefficient (Wildman–Crippen LogP) is 2.12. The third-order valence-electron chi connectivity index (χ3n) is 3.39. The molecule has 0 aliphatic carbocycles. The second-order valence-electron chi connectivity index (χ2n) is 4.99. The topological polar surface area (TPSA) is 85.7 Å². The van der Waals surface area contributed by atoms with Gasteiger partial charge in [-0.1, -0.05) is 30.3 Å². The molecule has 0 radical (unpaired) electrons. The fourth-order valence-electron chi connectivity index (χ4n) is 2.35. The molecule has 1 aliphatic rings. The maximum Gasteiger partial charge on any atom is 0.335 e.